The van der Waals surface area contributed by atoms with Gasteiger partial charge in [-0.1, -0.05) is 36.7 Å². The highest BCUT2D eigenvalue weighted by molar-refractivity contribution is 7.89. The van der Waals surface area contributed by atoms with E-state index in [1.807, 2.05) is 24.5 Å². The lowest BCUT2D eigenvalue weighted by Crippen LogP contribution is -2.24. The van der Waals surface area contributed by atoms with Gasteiger partial charge in [-0.05, 0) is 32.4 Å². The van der Waals surface area contributed by atoms with Gasteiger partial charge in [0.2, 0.25) is 15.9 Å². The Hall–Kier alpha value is -2.16. The van der Waals surface area contributed by atoms with E-state index in [0.717, 1.165) is 0 Å². The minimum atomic E-state index is -3.77. The van der Waals surface area contributed by atoms with E-state index in [2.05, 4.69) is 14.9 Å². The third kappa shape index (κ3) is 3.72. The zero-order chi connectivity index (χ0) is 20.5. The Morgan fingerprint density at radius 3 is 2.50 bits per heavy atom. The smallest absolute Gasteiger partial charge is 0.264 e. The largest absolute Gasteiger partial charge is 0.419 e. The summed E-state index contributed by atoms with van der Waals surface area (Å²) in [5.41, 5.74) is 2.54. The van der Waals surface area contributed by atoms with E-state index in [4.69, 9.17) is 16.0 Å². The van der Waals surface area contributed by atoms with E-state index in [9.17, 15) is 8.42 Å². The molecule has 0 unspecified atom stereocenters. The maximum absolute atomic E-state index is 13.1. The molecule has 0 saturated heterocycles. The fraction of sp³-hybridized carbons (Fsp3) is 0.368. The normalized spacial score (nSPS) is 11.9. The monoisotopic (exact) mass is 422 g/mol. The SMILES string of the molecule is CCc1nnc(-c2c(C)c(S(=O)(=O)NCc3ccccc3Cl)c(C)n2CC)o1. The first-order valence-corrected chi connectivity index (χ1v) is 10.9. The van der Waals surface area contributed by atoms with Crippen LogP contribution in [0, 0.1) is 13.8 Å². The molecule has 150 valence electrons. The van der Waals surface area contributed by atoms with Crippen molar-refractivity contribution in [2.75, 3.05) is 0 Å². The summed E-state index contributed by atoms with van der Waals surface area (Å²) in [5.74, 6) is 0.837. The molecule has 2 heterocycles. The van der Waals surface area contributed by atoms with E-state index in [1.54, 1.807) is 32.0 Å². The van der Waals surface area contributed by atoms with Crippen molar-refractivity contribution < 1.29 is 12.8 Å². The predicted octanol–water partition coefficient (Wildman–Crippen LogP) is 3.87. The average molecular weight is 423 g/mol. The van der Waals surface area contributed by atoms with Gasteiger partial charge in [0.25, 0.3) is 5.89 Å². The molecule has 0 radical (unpaired) electrons. The standard InChI is InChI=1S/C19H23ClN4O3S/c1-5-16-22-23-19(27-16)17-12(3)18(13(4)24(17)6-2)28(25,26)21-11-14-9-7-8-10-15(14)20/h7-10,21H,5-6,11H2,1-4H3. The predicted molar refractivity (Wildman–Crippen MR) is 108 cm³/mol. The van der Waals surface area contributed by atoms with Crippen LogP contribution in [0.2, 0.25) is 5.02 Å². The van der Waals surface area contributed by atoms with Crippen molar-refractivity contribution in [1.82, 2.24) is 19.5 Å². The molecule has 0 aliphatic heterocycles. The Morgan fingerprint density at radius 1 is 1.18 bits per heavy atom. The topological polar surface area (TPSA) is 90.0 Å². The molecule has 3 rings (SSSR count). The van der Waals surface area contributed by atoms with Crippen LogP contribution in [0.15, 0.2) is 33.6 Å². The first kappa shape index (κ1) is 20.6. The van der Waals surface area contributed by atoms with Crippen LogP contribution in [0.4, 0.5) is 0 Å². The van der Waals surface area contributed by atoms with E-state index in [0.29, 0.717) is 52.3 Å². The van der Waals surface area contributed by atoms with Gasteiger partial charge in [-0.25, -0.2) is 13.1 Å². The molecule has 1 N–H and O–H groups in total. The van der Waals surface area contributed by atoms with Gasteiger partial charge in [-0.15, -0.1) is 10.2 Å². The summed E-state index contributed by atoms with van der Waals surface area (Å²) in [5, 5.41) is 8.62. The maximum atomic E-state index is 13.1. The van der Waals surface area contributed by atoms with Gasteiger partial charge in [0.15, 0.2) is 0 Å². The molecule has 0 aliphatic rings. The van der Waals surface area contributed by atoms with Crippen molar-refractivity contribution in [3.63, 3.8) is 0 Å². The molecule has 9 heteroatoms. The fourth-order valence-corrected chi connectivity index (χ4v) is 5.01. The molecular weight excluding hydrogens is 400 g/mol. The molecule has 28 heavy (non-hydrogen) atoms. The van der Waals surface area contributed by atoms with Crippen molar-refractivity contribution in [2.24, 2.45) is 0 Å². The van der Waals surface area contributed by atoms with Crippen LogP contribution in [0.1, 0.15) is 36.6 Å². The highest BCUT2D eigenvalue weighted by Crippen LogP contribution is 2.33. The molecule has 0 fully saturated rings. The summed E-state index contributed by atoms with van der Waals surface area (Å²) < 4.78 is 36.4. The zero-order valence-electron chi connectivity index (χ0n) is 16.3. The Balaban J connectivity index is 2.02. The number of sulfonamides is 1. The number of aromatic nitrogens is 3. The molecule has 0 aliphatic carbocycles. The molecule has 0 bridgehead atoms. The second-order valence-electron chi connectivity index (χ2n) is 6.40. The van der Waals surface area contributed by atoms with Crippen molar-refractivity contribution in [1.29, 1.82) is 0 Å². The third-order valence-corrected chi connectivity index (χ3v) is 6.70. The number of benzene rings is 1. The van der Waals surface area contributed by atoms with Gasteiger partial charge >= 0.3 is 0 Å². The van der Waals surface area contributed by atoms with E-state index in [-0.39, 0.29) is 11.4 Å². The van der Waals surface area contributed by atoms with Crippen LogP contribution in [0.3, 0.4) is 0 Å². The quantitative estimate of drug-likeness (QED) is 0.624. The van der Waals surface area contributed by atoms with Gasteiger partial charge in [0.05, 0.1) is 0 Å². The minimum Gasteiger partial charge on any atom is -0.419 e. The summed E-state index contributed by atoms with van der Waals surface area (Å²) in [4.78, 5) is 0.229. The highest BCUT2D eigenvalue weighted by atomic mass is 35.5. The van der Waals surface area contributed by atoms with E-state index >= 15 is 0 Å². The van der Waals surface area contributed by atoms with Crippen LogP contribution >= 0.6 is 11.6 Å². The third-order valence-electron chi connectivity index (χ3n) is 4.67. The molecule has 1 aromatic carbocycles. The Bertz CT molecular complexity index is 1100. The van der Waals surface area contributed by atoms with E-state index < -0.39 is 10.0 Å². The Kier molecular flexibility index (Phi) is 5.92. The second-order valence-corrected chi connectivity index (χ2v) is 8.51. The van der Waals surface area contributed by atoms with Gasteiger partial charge in [0, 0.05) is 35.8 Å². The molecule has 0 saturated carbocycles. The first-order chi connectivity index (χ1) is 13.3. The van der Waals surface area contributed by atoms with Crippen molar-refractivity contribution in [2.45, 2.75) is 52.1 Å². The van der Waals surface area contributed by atoms with Gasteiger partial charge in [0.1, 0.15) is 10.6 Å². The van der Waals surface area contributed by atoms with Crippen LogP contribution in [-0.4, -0.2) is 23.2 Å². The number of aryl methyl sites for hydroxylation is 1. The molecule has 0 spiro atoms. The lowest BCUT2D eigenvalue weighted by atomic mass is 10.2. The van der Waals surface area contributed by atoms with Gasteiger partial charge in [-0.3, -0.25) is 0 Å². The van der Waals surface area contributed by atoms with Crippen molar-refractivity contribution >= 4 is 21.6 Å². The molecule has 0 amide bonds. The lowest BCUT2D eigenvalue weighted by molar-refractivity contribution is 0.507. The van der Waals surface area contributed by atoms with Crippen LogP contribution in [0.25, 0.3) is 11.6 Å². The van der Waals surface area contributed by atoms with Crippen molar-refractivity contribution in [3.8, 4) is 11.6 Å². The maximum Gasteiger partial charge on any atom is 0.264 e. The zero-order valence-corrected chi connectivity index (χ0v) is 17.9. The number of rotatable bonds is 7. The first-order valence-electron chi connectivity index (χ1n) is 9.05. The molecule has 7 nitrogen and oxygen atoms in total. The number of hydrogen-bond acceptors (Lipinski definition) is 5. The van der Waals surface area contributed by atoms with Crippen LogP contribution in [0.5, 0.6) is 0 Å². The number of nitrogens with zero attached hydrogens (tertiary/aromatic N) is 3. The van der Waals surface area contributed by atoms with E-state index in [1.165, 1.54) is 0 Å². The summed E-state index contributed by atoms with van der Waals surface area (Å²) >= 11 is 6.14. The van der Waals surface area contributed by atoms with Gasteiger partial charge in [-0.2, -0.15) is 0 Å². The summed E-state index contributed by atoms with van der Waals surface area (Å²) in [6, 6.07) is 7.14. The number of nitrogens with one attached hydrogen (secondary N) is 1. The number of halogens is 1. The summed E-state index contributed by atoms with van der Waals surface area (Å²) in [6.07, 6.45) is 0.614. The molecule has 2 aromatic heterocycles. The summed E-state index contributed by atoms with van der Waals surface area (Å²) in [7, 11) is -3.77. The van der Waals surface area contributed by atoms with Gasteiger partial charge < -0.3 is 8.98 Å². The molecule has 0 atom stereocenters. The molecule has 3 aromatic rings. The lowest BCUT2D eigenvalue weighted by Gasteiger charge is -2.09. The molecular formula is C19H23ClN4O3S. The van der Waals surface area contributed by atoms with Crippen LogP contribution in [-0.2, 0) is 29.5 Å². The average Bonchev–Trinajstić information content (AvgIpc) is 3.22. The fourth-order valence-electron chi connectivity index (χ4n) is 3.32. The van der Waals surface area contributed by atoms with Crippen LogP contribution < -0.4 is 4.72 Å². The van der Waals surface area contributed by atoms with Crippen molar-refractivity contribution in [3.05, 3.63) is 52.0 Å². The Labute approximate surface area is 169 Å². The second kappa shape index (κ2) is 8.06. The Morgan fingerprint density at radius 2 is 1.89 bits per heavy atom. The highest BCUT2D eigenvalue weighted by Gasteiger charge is 2.29. The number of hydrogen-bond donors (Lipinski definition) is 1. The summed E-state index contributed by atoms with van der Waals surface area (Å²) in [6.45, 7) is 8.08. The minimum absolute atomic E-state index is 0.105.